The van der Waals surface area contributed by atoms with Gasteiger partial charge in [-0.3, -0.25) is 0 Å². The number of carboxylic acid groups (broad SMARTS) is 1. The Bertz CT molecular complexity index is 340. The molecule has 1 rings (SSSR count). The molecular formula is C14H26N2O3. The number of nitrogens with zero attached hydrogens (tertiary/aromatic N) is 1. The quantitative estimate of drug-likeness (QED) is 0.746. The first kappa shape index (κ1) is 15.8. The van der Waals surface area contributed by atoms with Crippen LogP contribution < -0.4 is 5.32 Å². The molecule has 5 heteroatoms. The summed E-state index contributed by atoms with van der Waals surface area (Å²) in [6.07, 6.45) is 3.37. The van der Waals surface area contributed by atoms with Crippen molar-refractivity contribution in [1.29, 1.82) is 0 Å². The molecule has 2 amide bonds. The fraction of sp³-hybridized carbons (Fsp3) is 0.857. The summed E-state index contributed by atoms with van der Waals surface area (Å²) < 4.78 is 0. The van der Waals surface area contributed by atoms with Gasteiger partial charge in [-0.15, -0.1) is 0 Å². The normalized spacial score (nSPS) is 17.9. The molecule has 1 aliphatic rings. The van der Waals surface area contributed by atoms with E-state index in [1.807, 2.05) is 0 Å². The second kappa shape index (κ2) is 6.26. The maximum atomic E-state index is 12.3. The van der Waals surface area contributed by atoms with Gasteiger partial charge < -0.3 is 15.3 Å². The summed E-state index contributed by atoms with van der Waals surface area (Å²) in [5, 5.41) is 11.9. The van der Waals surface area contributed by atoms with Gasteiger partial charge >= 0.3 is 12.0 Å². The molecule has 2 N–H and O–H groups in total. The van der Waals surface area contributed by atoms with E-state index in [1.54, 1.807) is 18.7 Å². The largest absolute Gasteiger partial charge is 0.480 e. The van der Waals surface area contributed by atoms with E-state index in [-0.39, 0.29) is 6.03 Å². The van der Waals surface area contributed by atoms with Crippen LogP contribution >= 0.6 is 0 Å². The van der Waals surface area contributed by atoms with E-state index in [9.17, 15) is 14.7 Å². The van der Waals surface area contributed by atoms with Crippen molar-refractivity contribution in [2.24, 2.45) is 5.92 Å². The third kappa shape index (κ3) is 4.40. The fourth-order valence-corrected chi connectivity index (χ4v) is 1.83. The predicted octanol–water partition coefficient (Wildman–Crippen LogP) is 2.46. The number of nitrogens with one attached hydrogen (secondary N) is 1. The Morgan fingerprint density at radius 2 is 2.00 bits per heavy atom. The van der Waals surface area contributed by atoms with Crippen LogP contribution in [0, 0.1) is 5.92 Å². The minimum absolute atomic E-state index is 0.241. The number of urea groups is 1. The number of hydrogen-bond acceptors (Lipinski definition) is 2. The first-order chi connectivity index (χ1) is 8.80. The lowest BCUT2D eigenvalue weighted by molar-refractivity contribution is -0.143. The van der Waals surface area contributed by atoms with Gasteiger partial charge in [0, 0.05) is 12.6 Å². The van der Waals surface area contributed by atoms with Gasteiger partial charge in [-0.1, -0.05) is 20.8 Å². The zero-order valence-corrected chi connectivity index (χ0v) is 12.4. The molecule has 0 spiro atoms. The van der Waals surface area contributed by atoms with Crippen molar-refractivity contribution < 1.29 is 14.7 Å². The maximum Gasteiger partial charge on any atom is 0.329 e. The maximum absolute atomic E-state index is 12.3. The highest BCUT2D eigenvalue weighted by molar-refractivity contribution is 5.86. The van der Waals surface area contributed by atoms with Gasteiger partial charge in [-0.2, -0.15) is 0 Å². The molecule has 0 radical (unpaired) electrons. The van der Waals surface area contributed by atoms with Crippen molar-refractivity contribution in [3.05, 3.63) is 0 Å². The average Bonchev–Trinajstić information content (AvgIpc) is 3.12. The second-order valence-corrected chi connectivity index (χ2v) is 6.03. The lowest BCUT2D eigenvalue weighted by atomic mass is 9.99. The highest BCUT2D eigenvalue weighted by atomic mass is 16.4. The van der Waals surface area contributed by atoms with E-state index in [0.29, 0.717) is 24.9 Å². The number of aliphatic carboxylic acids is 1. The summed E-state index contributed by atoms with van der Waals surface area (Å²) in [5.41, 5.74) is -1.18. The third-order valence-corrected chi connectivity index (χ3v) is 3.76. The number of carboxylic acids is 1. The molecule has 5 nitrogen and oxygen atoms in total. The smallest absolute Gasteiger partial charge is 0.329 e. The molecule has 0 aromatic carbocycles. The van der Waals surface area contributed by atoms with Crippen molar-refractivity contribution in [3.8, 4) is 0 Å². The van der Waals surface area contributed by atoms with Gasteiger partial charge in [0.15, 0.2) is 0 Å². The monoisotopic (exact) mass is 270 g/mol. The minimum atomic E-state index is -1.18. The van der Waals surface area contributed by atoms with Gasteiger partial charge in [0.2, 0.25) is 0 Å². The Balaban J connectivity index is 2.64. The summed E-state index contributed by atoms with van der Waals surface area (Å²) in [7, 11) is 0. The molecule has 110 valence electrons. The summed E-state index contributed by atoms with van der Waals surface area (Å²) in [6.45, 7) is 8.27. The van der Waals surface area contributed by atoms with E-state index in [2.05, 4.69) is 19.2 Å². The number of carbonyl (C=O) groups excluding carboxylic acids is 1. The van der Waals surface area contributed by atoms with Crippen LogP contribution in [0.15, 0.2) is 0 Å². The van der Waals surface area contributed by atoms with Gasteiger partial charge in [-0.25, -0.2) is 9.59 Å². The van der Waals surface area contributed by atoms with Crippen molar-refractivity contribution in [3.63, 3.8) is 0 Å². The number of rotatable bonds is 7. The van der Waals surface area contributed by atoms with Crippen LogP contribution in [0.3, 0.4) is 0 Å². The Hall–Kier alpha value is -1.26. The SMILES string of the molecule is CCC(C)(NC(=O)N(CCC(C)C)C1CC1)C(=O)O. The van der Waals surface area contributed by atoms with Crippen LogP contribution in [0.1, 0.15) is 53.4 Å². The topological polar surface area (TPSA) is 69.6 Å². The summed E-state index contributed by atoms with van der Waals surface area (Å²) in [6, 6.07) is 0.0588. The molecule has 0 aromatic rings. The Kier molecular flexibility index (Phi) is 5.20. The first-order valence-electron chi connectivity index (χ1n) is 7.12. The molecule has 0 aliphatic heterocycles. The molecule has 0 aromatic heterocycles. The lowest BCUT2D eigenvalue weighted by Crippen LogP contribution is -2.56. The number of amides is 2. The van der Waals surface area contributed by atoms with Crippen molar-refractivity contribution in [1.82, 2.24) is 10.2 Å². The van der Waals surface area contributed by atoms with Crippen LogP contribution in [-0.2, 0) is 4.79 Å². The van der Waals surface area contributed by atoms with Crippen molar-refractivity contribution in [2.45, 2.75) is 65.0 Å². The van der Waals surface area contributed by atoms with Crippen LogP contribution in [0.4, 0.5) is 4.79 Å². The standard InChI is InChI=1S/C14H26N2O3/c1-5-14(4,12(17)18)15-13(19)16(11-6-7-11)9-8-10(2)3/h10-11H,5-9H2,1-4H3,(H,15,19)(H,17,18). The number of carbonyl (C=O) groups is 2. The molecule has 1 fully saturated rings. The lowest BCUT2D eigenvalue weighted by Gasteiger charge is -2.30. The van der Waals surface area contributed by atoms with Crippen LogP contribution in [-0.4, -0.2) is 40.1 Å². The molecule has 1 atom stereocenters. The predicted molar refractivity (Wildman–Crippen MR) is 74.0 cm³/mol. The molecule has 1 saturated carbocycles. The van der Waals surface area contributed by atoms with E-state index in [1.165, 1.54) is 0 Å². The summed E-state index contributed by atoms with van der Waals surface area (Å²) >= 11 is 0. The zero-order valence-electron chi connectivity index (χ0n) is 12.4. The van der Waals surface area contributed by atoms with E-state index in [4.69, 9.17) is 0 Å². The van der Waals surface area contributed by atoms with Crippen LogP contribution in [0.5, 0.6) is 0 Å². The van der Waals surface area contributed by atoms with Crippen LogP contribution in [0.25, 0.3) is 0 Å². The molecule has 0 heterocycles. The summed E-state index contributed by atoms with van der Waals surface area (Å²) in [5.74, 6) is -0.450. The first-order valence-corrected chi connectivity index (χ1v) is 7.12. The van der Waals surface area contributed by atoms with E-state index in [0.717, 1.165) is 19.3 Å². The van der Waals surface area contributed by atoms with Gasteiger partial charge in [0.1, 0.15) is 5.54 Å². The zero-order chi connectivity index (χ0) is 14.6. The van der Waals surface area contributed by atoms with E-state index >= 15 is 0 Å². The minimum Gasteiger partial charge on any atom is -0.480 e. The fourth-order valence-electron chi connectivity index (χ4n) is 1.83. The van der Waals surface area contributed by atoms with Gasteiger partial charge in [0.25, 0.3) is 0 Å². The molecule has 0 bridgehead atoms. The molecular weight excluding hydrogens is 244 g/mol. The Labute approximate surface area is 115 Å². The molecule has 19 heavy (non-hydrogen) atoms. The number of hydrogen-bond donors (Lipinski definition) is 2. The van der Waals surface area contributed by atoms with Crippen molar-refractivity contribution >= 4 is 12.0 Å². The average molecular weight is 270 g/mol. The highest BCUT2D eigenvalue weighted by Crippen LogP contribution is 2.28. The van der Waals surface area contributed by atoms with E-state index < -0.39 is 11.5 Å². The van der Waals surface area contributed by atoms with Gasteiger partial charge in [-0.05, 0) is 38.5 Å². The second-order valence-electron chi connectivity index (χ2n) is 6.03. The van der Waals surface area contributed by atoms with Crippen molar-refractivity contribution in [2.75, 3.05) is 6.54 Å². The molecule has 0 saturated heterocycles. The molecule has 1 aliphatic carbocycles. The van der Waals surface area contributed by atoms with Gasteiger partial charge in [0.05, 0.1) is 0 Å². The Morgan fingerprint density at radius 3 is 2.37 bits per heavy atom. The summed E-state index contributed by atoms with van der Waals surface area (Å²) in [4.78, 5) is 25.3. The Morgan fingerprint density at radius 1 is 1.42 bits per heavy atom. The highest BCUT2D eigenvalue weighted by Gasteiger charge is 2.38. The van der Waals surface area contributed by atoms with Crippen LogP contribution in [0.2, 0.25) is 0 Å². The third-order valence-electron chi connectivity index (χ3n) is 3.76. The molecule has 1 unspecified atom stereocenters.